The van der Waals surface area contributed by atoms with Crippen LogP contribution in [-0.4, -0.2) is 30.6 Å². The second kappa shape index (κ2) is 10.8. The zero-order chi connectivity index (χ0) is 20.4. The third kappa shape index (κ3) is 6.83. The summed E-state index contributed by atoms with van der Waals surface area (Å²) >= 11 is 0. The van der Waals surface area contributed by atoms with E-state index < -0.39 is 29.8 Å². The largest absolute Gasteiger partial charge is 0.514 e. The van der Waals surface area contributed by atoms with E-state index in [2.05, 4.69) is 0 Å². The van der Waals surface area contributed by atoms with Gasteiger partial charge in [-0.15, -0.1) is 0 Å². The Labute approximate surface area is 162 Å². The predicted molar refractivity (Wildman–Crippen MR) is 98.6 cm³/mol. The first-order valence-corrected chi connectivity index (χ1v) is 8.88. The first-order chi connectivity index (χ1) is 13.5. The van der Waals surface area contributed by atoms with E-state index in [1.807, 2.05) is 0 Å². The van der Waals surface area contributed by atoms with Crippen LogP contribution < -0.4 is 4.74 Å². The molecule has 6 nitrogen and oxygen atoms in total. The van der Waals surface area contributed by atoms with Gasteiger partial charge in [0.25, 0.3) is 0 Å². The van der Waals surface area contributed by atoms with E-state index in [9.17, 15) is 18.8 Å². The van der Waals surface area contributed by atoms with E-state index in [1.165, 1.54) is 12.1 Å². The van der Waals surface area contributed by atoms with Crippen molar-refractivity contribution in [2.75, 3.05) is 6.61 Å². The topological polar surface area (TPSA) is 78.9 Å². The van der Waals surface area contributed by atoms with Gasteiger partial charge in [-0.25, -0.2) is 9.18 Å². The molecule has 0 aliphatic carbocycles. The number of hydrogen-bond donors (Lipinski definition) is 0. The standard InChI is InChI=1S/C21H21FO6/c1-2-26-19(23)10-6-9-18(20(24)15-11-13-16(22)14-12-15)28-21(25)27-17-7-4-3-5-8-17/h3-5,7-8,11-14,18H,2,6,9-10H2,1H3. The molecule has 1 atom stereocenters. The molecular weight excluding hydrogens is 367 g/mol. The van der Waals surface area contributed by atoms with Crippen LogP contribution in [0.2, 0.25) is 0 Å². The zero-order valence-corrected chi connectivity index (χ0v) is 15.4. The fourth-order valence-corrected chi connectivity index (χ4v) is 2.43. The quantitative estimate of drug-likeness (QED) is 0.361. The Balaban J connectivity index is 2.03. The highest BCUT2D eigenvalue weighted by Crippen LogP contribution is 2.16. The van der Waals surface area contributed by atoms with Gasteiger partial charge in [0, 0.05) is 12.0 Å². The number of carbonyl (C=O) groups is 3. The van der Waals surface area contributed by atoms with Crippen molar-refractivity contribution in [2.45, 2.75) is 32.3 Å². The minimum Gasteiger partial charge on any atom is -0.466 e. The molecule has 1 unspecified atom stereocenters. The number of rotatable bonds is 9. The number of para-hydroxylation sites is 1. The van der Waals surface area contributed by atoms with Crippen LogP contribution in [0.3, 0.4) is 0 Å². The van der Waals surface area contributed by atoms with Crippen molar-refractivity contribution < 1.29 is 33.0 Å². The Bertz CT molecular complexity index is 788. The summed E-state index contributed by atoms with van der Waals surface area (Å²) in [6.07, 6.45) is -1.76. The maximum atomic E-state index is 13.1. The SMILES string of the molecule is CCOC(=O)CCCC(OC(=O)Oc1ccccc1)C(=O)c1ccc(F)cc1. The van der Waals surface area contributed by atoms with Crippen LogP contribution in [0.4, 0.5) is 9.18 Å². The Hall–Kier alpha value is -3.22. The molecule has 2 rings (SSSR count). The van der Waals surface area contributed by atoms with E-state index in [-0.39, 0.29) is 37.2 Å². The summed E-state index contributed by atoms with van der Waals surface area (Å²) in [7, 11) is 0. The minimum atomic E-state index is -1.17. The highest BCUT2D eigenvalue weighted by Gasteiger charge is 2.25. The van der Waals surface area contributed by atoms with Gasteiger partial charge in [-0.1, -0.05) is 18.2 Å². The zero-order valence-electron chi connectivity index (χ0n) is 15.4. The van der Waals surface area contributed by atoms with Crippen LogP contribution in [0.15, 0.2) is 54.6 Å². The molecule has 0 heterocycles. The lowest BCUT2D eigenvalue weighted by Crippen LogP contribution is -2.29. The molecular formula is C21H21FO6. The fourth-order valence-electron chi connectivity index (χ4n) is 2.43. The van der Waals surface area contributed by atoms with Gasteiger partial charge in [-0.3, -0.25) is 9.59 Å². The normalized spacial score (nSPS) is 11.4. The summed E-state index contributed by atoms with van der Waals surface area (Å²) in [5.41, 5.74) is 0.190. The molecule has 7 heteroatoms. The summed E-state index contributed by atoms with van der Waals surface area (Å²) in [6.45, 7) is 1.96. The Morgan fingerprint density at radius 3 is 2.32 bits per heavy atom. The predicted octanol–water partition coefficient (Wildman–Crippen LogP) is 4.33. The third-order valence-electron chi connectivity index (χ3n) is 3.76. The maximum Gasteiger partial charge on any atom is 0.514 e. The molecule has 28 heavy (non-hydrogen) atoms. The number of esters is 1. The van der Waals surface area contributed by atoms with Gasteiger partial charge in [0.2, 0.25) is 5.78 Å². The number of Topliss-reactive ketones (excluding diaryl/α,β-unsaturated/α-hetero) is 1. The molecule has 0 aromatic heterocycles. The number of halogens is 1. The maximum absolute atomic E-state index is 13.1. The van der Waals surface area contributed by atoms with Crippen LogP contribution in [0, 0.1) is 5.82 Å². The van der Waals surface area contributed by atoms with Crippen LogP contribution in [0.25, 0.3) is 0 Å². The Kier molecular flexibility index (Phi) is 8.14. The summed E-state index contributed by atoms with van der Waals surface area (Å²) in [4.78, 5) is 36.2. The second-order valence-corrected chi connectivity index (χ2v) is 5.84. The molecule has 0 N–H and O–H groups in total. The first-order valence-electron chi connectivity index (χ1n) is 8.88. The monoisotopic (exact) mass is 388 g/mol. The highest BCUT2D eigenvalue weighted by atomic mass is 19.1. The molecule has 0 aliphatic rings. The van der Waals surface area contributed by atoms with Crippen LogP contribution in [0.5, 0.6) is 5.75 Å². The number of ketones is 1. The van der Waals surface area contributed by atoms with E-state index in [4.69, 9.17) is 14.2 Å². The van der Waals surface area contributed by atoms with E-state index in [0.29, 0.717) is 0 Å². The third-order valence-corrected chi connectivity index (χ3v) is 3.76. The molecule has 0 bridgehead atoms. The number of benzene rings is 2. The van der Waals surface area contributed by atoms with Crippen LogP contribution >= 0.6 is 0 Å². The highest BCUT2D eigenvalue weighted by molar-refractivity contribution is 6.00. The second-order valence-electron chi connectivity index (χ2n) is 5.84. The molecule has 2 aromatic carbocycles. The fraction of sp³-hybridized carbons (Fsp3) is 0.286. The Morgan fingerprint density at radius 2 is 1.68 bits per heavy atom. The van der Waals surface area contributed by atoms with Gasteiger partial charge >= 0.3 is 12.1 Å². The average Bonchev–Trinajstić information content (AvgIpc) is 2.68. The molecule has 0 aliphatic heterocycles. The molecule has 0 spiro atoms. The van der Waals surface area contributed by atoms with Crippen LogP contribution in [0.1, 0.15) is 36.5 Å². The summed E-state index contributed by atoms with van der Waals surface area (Å²) < 4.78 is 28.2. The van der Waals surface area contributed by atoms with E-state index in [0.717, 1.165) is 12.1 Å². The summed E-state index contributed by atoms with van der Waals surface area (Å²) in [5.74, 6) is -1.12. The first kappa shape index (κ1) is 21.1. The van der Waals surface area contributed by atoms with Crippen molar-refractivity contribution in [3.8, 4) is 5.75 Å². The molecule has 0 radical (unpaired) electrons. The lowest BCUT2D eigenvalue weighted by atomic mass is 10.0. The molecule has 0 saturated carbocycles. The van der Waals surface area contributed by atoms with Crippen molar-refractivity contribution in [3.05, 3.63) is 66.0 Å². The molecule has 0 amide bonds. The molecule has 0 saturated heterocycles. The van der Waals surface area contributed by atoms with E-state index >= 15 is 0 Å². The Morgan fingerprint density at radius 1 is 1.00 bits per heavy atom. The minimum absolute atomic E-state index is 0.0815. The van der Waals surface area contributed by atoms with Gasteiger partial charge in [0.1, 0.15) is 11.6 Å². The average molecular weight is 388 g/mol. The lowest BCUT2D eigenvalue weighted by Gasteiger charge is -2.16. The van der Waals surface area contributed by atoms with Crippen molar-refractivity contribution >= 4 is 17.9 Å². The van der Waals surface area contributed by atoms with Gasteiger partial charge in [-0.2, -0.15) is 0 Å². The summed E-state index contributed by atoms with van der Waals surface area (Å²) in [5, 5.41) is 0. The van der Waals surface area contributed by atoms with Crippen LogP contribution in [-0.2, 0) is 14.3 Å². The smallest absolute Gasteiger partial charge is 0.466 e. The van der Waals surface area contributed by atoms with Crippen molar-refractivity contribution in [3.63, 3.8) is 0 Å². The van der Waals surface area contributed by atoms with Gasteiger partial charge in [-0.05, 0) is 56.2 Å². The lowest BCUT2D eigenvalue weighted by molar-refractivity contribution is -0.143. The van der Waals surface area contributed by atoms with Gasteiger partial charge in [0.05, 0.1) is 6.61 Å². The molecule has 148 valence electrons. The molecule has 2 aromatic rings. The number of ether oxygens (including phenoxy) is 3. The van der Waals surface area contributed by atoms with Crippen molar-refractivity contribution in [2.24, 2.45) is 0 Å². The van der Waals surface area contributed by atoms with Gasteiger partial charge in [0.15, 0.2) is 6.10 Å². The van der Waals surface area contributed by atoms with Gasteiger partial charge < -0.3 is 14.2 Å². The van der Waals surface area contributed by atoms with Crippen molar-refractivity contribution in [1.82, 2.24) is 0 Å². The molecule has 0 fully saturated rings. The number of hydrogen-bond acceptors (Lipinski definition) is 6. The summed E-state index contributed by atoms with van der Waals surface area (Å²) in [6, 6.07) is 13.2. The van der Waals surface area contributed by atoms with E-state index in [1.54, 1.807) is 37.3 Å². The van der Waals surface area contributed by atoms with Crippen molar-refractivity contribution in [1.29, 1.82) is 0 Å². The number of carbonyl (C=O) groups excluding carboxylic acids is 3.